The summed E-state index contributed by atoms with van der Waals surface area (Å²) in [6.07, 6.45) is 0. The molecule has 0 N–H and O–H groups in total. The van der Waals surface area contributed by atoms with Crippen LogP contribution in [-0.4, -0.2) is 15.5 Å². The highest BCUT2D eigenvalue weighted by Gasteiger charge is 2.23. The molecule has 1 aromatic carbocycles. The fraction of sp³-hybridized carbons (Fsp3) is 0.143. The first-order chi connectivity index (χ1) is 6.38. The van der Waals surface area contributed by atoms with E-state index in [0.29, 0.717) is 0 Å². The normalized spacial score (nSPS) is 11.4. The van der Waals surface area contributed by atoms with Gasteiger partial charge in [0.25, 0.3) is 9.05 Å². The molecular weight excluding hydrogens is 298 g/mol. The Balaban J connectivity index is 3.57. The van der Waals surface area contributed by atoms with Crippen LogP contribution < -0.4 is 4.74 Å². The summed E-state index contributed by atoms with van der Waals surface area (Å²) in [6, 6.07) is 2.64. The van der Waals surface area contributed by atoms with Crippen molar-refractivity contribution in [3.63, 3.8) is 0 Å². The Bertz CT molecular complexity index is 460. The number of rotatable bonds is 2. The van der Waals surface area contributed by atoms with Gasteiger partial charge in [-0.3, -0.25) is 0 Å². The molecule has 0 saturated carbocycles. The van der Waals surface area contributed by atoms with Crippen LogP contribution in [0.1, 0.15) is 0 Å². The van der Waals surface area contributed by atoms with Crippen molar-refractivity contribution < 1.29 is 17.5 Å². The molecule has 7 heteroatoms. The summed E-state index contributed by atoms with van der Waals surface area (Å²) >= 11 is 2.89. The first kappa shape index (κ1) is 11.7. The molecule has 0 saturated heterocycles. The van der Waals surface area contributed by atoms with Gasteiger partial charge in [0.15, 0.2) is 11.6 Å². The van der Waals surface area contributed by atoms with Crippen LogP contribution in [0.3, 0.4) is 0 Å². The maximum atomic E-state index is 13.4. The smallest absolute Gasteiger partial charge is 0.265 e. The van der Waals surface area contributed by atoms with Crippen LogP contribution in [0, 0.1) is 5.82 Å². The van der Waals surface area contributed by atoms with E-state index in [0.717, 1.165) is 0 Å². The second-order valence-corrected chi connectivity index (χ2v) is 5.69. The van der Waals surface area contributed by atoms with Crippen molar-refractivity contribution in [2.45, 2.75) is 4.90 Å². The van der Waals surface area contributed by atoms with Gasteiger partial charge in [0.1, 0.15) is 4.90 Å². The zero-order valence-electron chi connectivity index (χ0n) is 6.92. The van der Waals surface area contributed by atoms with Crippen LogP contribution in [0.15, 0.2) is 21.5 Å². The van der Waals surface area contributed by atoms with Gasteiger partial charge in [-0.15, -0.1) is 0 Å². The van der Waals surface area contributed by atoms with Gasteiger partial charge >= 0.3 is 0 Å². The van der Waals surface area contributed by atoms with Gasteiger partial charge in [0, 0.05) is 15.2 Å². The van der Waals surface area contributed by atoms with E-state index >= 15 is 0 Å². The van der Waals surface area contributed by atoms with Crippen LogP contribution >= 0.6 is 26.6 Å². The molecule has 1 aromatic rings. The zero-order chi connectivity index (χ0) is 10.9. The first-order valence-corrected chi connectivity index (χ1v) is 6.45. The van der Waals surface area contributed by atoms with E-state index in [-0.39, 0.29) is 10.2 Å². The highest BCUT2D eigenvalue weighted by atomic mass is 79.9. The average Bonchev–Trinajstić information content (AvgIpc) is 2.02. The molecule has 0 aliphatic heterocycles. The third-order valence-electron chi connectivity index (χ3n) is 1.48. The first-order valence-electron chi connectivity index (χ1n) is 3.34. The van der Waals surface area contributed by atoms with Gasteiger partial charge in [0.05, 0.1) is 7.11 Å². The summed E-state index contributed by atoms with van der Waals surface area (Å²) in [5, 5.41) is 0. The van der Waals surface area contributed by atoms with Gasteiger partial charge in [-0.2, -0.15) is 0 Å². The van der Waals surface area contributed by atoms with E-state index < -0.39 is 19.8 Å². The van der Waals surface area contributed by atoms with E-state index in [2.05, 4.69) is 20.7 Å². The number of ether oxygens (including phenoxy) is 1. The number of benzene rings is 1. The second kappa shape index (κ2) is 4.04. The largest absolute Gasteiger partial charge is 0.494 e. The molecule has 0 atom stereocenters. The lowest BCUT2D eigenvalue weighted by molar-refractivity contribution is 0.380. The molecule has 78 valence electrons. The Hall–Kier alpha value is -0.330. The predicted molar refractivity (Wildman–Crippen MR) is 53.7 cm³/mol. The Labute approximate surface area is 93.4 Å². The number of hydrogen-bond donors (Lipinski definition) is 0. The maximum absolute atomic E-state index is 13.4. The third-order valence-corrected chi connectivity index (χ3v) is 3.75. The van der Waals surface area contributed by atoms with Crippen molar-refractivity contribution in [2.24, 2.45) is 0 Å². The van der Waals surface area contributed by atoms with Crippen molar-refractivity contribution in [1.82, 2.24) is 0 Å². The zero-order valence-corrected chi connectivity index (χ0v) is 10.1. The molecule has 0 aromatic heterocycles. The topological polar surface area (TPSA) is 43.4 Å². The van der Waals surface area contributed by atoms with E-state index in [9.17, 15) is 12.8 Å². The number of hydrogen-bond acceptors (Lipinski definition) is 3. The molecule has 0 aliphatic carbocycles. The van der Waals surface area contributed by atoms with Crippen LogP contribution in [-0.2, 0) is 9.05 Å². The Morgan fingerprint density at radius 3 is 2.50 bits per heavy atom. The summed E-state index contributed by atoms with van der Waals surface area (Å²) in [6.45, 7) is 0. The fourth-order valence-corrected chi connectivity index (χ4v) is 3.19. The molecule has 0 aliphatic rings. The number of halogens is 3. The summed E-state index contributed by atoms with van der Waals surface area (Å²) in [7, 11) is 2.15. The van der Waals surface area contributed by atoms with Crippen molar-refractivity contribution >= 4 is 35.7 Å². The van der Waals surface area contributed by atoms with Crippen LogP contribution in [0.5, 0.6) is 5.75 Å². The average molecular weight is 304 g/mol. The molecule has 0 fully saturated rings. The molecule has 3 nitrogen and oxygen atoms in total. The van der Waals surface area contributed by atoms with Gasteiger partial charge in [-0.1, -0.05) is 0 Å². The summed E-state index contributed by atoms with van der Waals surface area (Å²) < 4.78 is 40.1. The Kier molecular flexibility index (Phi) is 3.39. The van der Waals surface area contributed by atoms with Crippen molar-refractivity contribution in [1.29, 1.82) is 0 Å². The lowest BCUT2D eigenvalue weighted by atomic mass is 10.3. The Morgan fingerprint density at radius 2 is 2.07 bits per heavy atom. The summed E-state index contributed by atoms with van der Waals surface area (Å²) in [4.78, 5) is -0.612. The SMILES string of the molecule is COc1ccc(Br)c(S(=O)(=O)Cl)c1F. The van der Waals surface area contributed by atoms with Crippen LogP contribution in [0.4, 0.5) is 4.39 Å². The highest BCUT2D eigenvalue weighted by Crippen LogP contribution is 2.32. The minimum absolute atomic E-state index is 0.0609. The molecule has 0 heterocycles. The monoisotopic (exact) mass is 302 g/mol. The van der Waals surface area contributed by atoms with Crippen molar-refractivity contribution in [2.75, 3.05) is 7.11 Å². The predicted octanol–water partition coefficient (Wildman–Crippen LogP) is 2.52. The quantitative estimate of drug-likeness (QED) is 0.789. The molecular formula is C7H5BrClFO3S. The van der Waals surface area contributed by atoms with Gasteiger partial charge in [0.2, 0.25) is 0 Å². The van der Waals surface area contributed by atoms with E-state index in [1.54, 1.807) is 0 Å². The third kappa shape index (κ3) is 2.18. The van der Waals surface area contributed by atoms with Crippen molar-refractivity contribution in [3.8, 4) is 5.75 Å². The Morgan fingerprint density at radius 1 is 1.50 bits per heavy atom. The summed E-state index contributed by atoms with van der Waals surface area (Å²) in [5.74, 6) is -1.18. The minimum atomic E-state index is -4.13. The van der Waals surface area contributed by atoms with E-state index in [1.165, 1.54) is 19.2 Å². The molecule has 0 bridgehead atoms. The molecule has 0 radical (unpaired) electrons. The van der Waals surface area contributed by atoms with E-state index in [1.807, 2.05) is 0 Å². The lowest BCUT2D eigenvalue weighted by Crippen LogP contribution is -1.99. The molecule has 0 amide bonds. The molecule has 14 heavy (non-hydrogen) atoms. The highest BCUT2D eigenvalue weighted by molar-refractivity contribution is 9.10. The molecule has 1 rings (SSSR count). The van der Waals surface area contributed by atoms with E-state index in [4.69, 9.17) is 10.7 Å². The lowest BCUT2D eigenvalue weighted by Gasteiger charge is -2.06. The minimum Gasteiger partial charge on any atom is -0.494 e. The van der Waals surface area contributed by atoms with Crippen LogP contribution in [0.2, 0.25) is 0 Å². The second-order valence-electron chi connectivity index (χ2n) is 2.33. The van der Waals surface area contributed by atoms with Gasteiger partial charge < -0.3 is 4.74 Å². The van der Waals surface area contributed by atoms with Crippen molar-refractivity contribution in [3.05, 3.63) is 22.4 Å². The van der Waals surface area contributed by atoms with Gasteiger partial charge in [-0.25, -0.2) is 12.8 Å². The number of methoxy groups -OCH3 is 1. The van der Waals surface area contributed by atoms with Crippen LogP contribution in [0.25, 0.3) is 0 Å². The fourth-order valence-electron chi connectivity index (χ4n) is 0.896. The molecule has 0 spiro atoms. The van der Waals surface area contributed by atoms with Gasteiger partial charge in [-0.05, 0) is 28.1 Å². The summed E-state index contributed by atoms with van der Waals surface area (Å²) in [5.41, 5.74) is 0. The maximum Gasteiger partial charge on any atom is 0.265 e. The molecule has 0 unspecified atom stereocenters. The standard InChI is InChI=1S/C7H5BrClFO3S/c1-13-5-3-2-4(8)7(6(5)10)14(9,11)12/h2-3H,1H3.